The summed E-state index contributed by atoms with van der Waals surface area (Å²) in [5.74, 6) is 3.48. The second-order valence-corrected chi connectivity index (χ2v) is 12.0. The number of rotatable bonds is 11. The molecule has 6 nitrogen and oxygen atoms in total. The van der Waals surface area contributed by atoms with Gasteiger partial charge >= 0.3 is 0 Å². The molecular weight excluding hydrogens is 557 g/mol. The smallest absolute Gasteiger partial charge is 0.196 e. The van der Waals surface area contributed by atoms with Crippen LogP contribution in [-0.4, -0.2) is 29.5 Å². The van der Waals surface area contributed by atoms with Crippen molar-refractivity contribution in [2.75, 3.05) is 0 Å². The first-order valence-corrected chi connectivity index (χ1v) is 16.0. The molecule has 0 saturated heterocycles. The first-order chi connectivity index (χ1) is 20.7. The van der Waals surface area contributed by atoms with Crippen LogP contribution in [0.4, 0.5) is 0 Å². The quantitative estimate of drug-likeness (QED) is 0.144. The lowest BCUT2D eigenvalue weighted by Crippen LogP contribution is -2.09. The SMILES string of the molecule is Cc1ccccc1-n1c(CCc2nnc(SCc3ccccc3)n2-c2ccccc2C)nnc1SCc1ccccc1. The van der Waals surface area contributed by atoms with Crippen LogP contribution in [0.2, 0.25) is 0 Å². The summed E-state index contributed by atoms with van der Waals surface area (Å²) >= 11 is 3.42. The Morgan fingerprint density at radius 2 is 0.857 bits per heavy atom. The predicted molar refractivity (Wildman–Crippen MR) is 172 cm³/mol. The Bertz CT molecular complexity index is 1630. The highest BCUT2D eigenvalue weighted by Gasteiger charge is 2.20. The van der Waals surface area contributed by atoms with Crippen LogP contribution in [-0.2, 0) is 24.3 Å². The number of para-hydroxylation sites is 2. The van der Waals surface area contributed by atoms with Crippen molar-refractivity contribution >= 4 is 23.5 Å². The summed E-state index contributed by atoms with van der Waals surface area (Å²) in [4.78, 5) is 0. The van der Waals surface area contributed by atoms with Crippen LogP contribution in [0.1, 0.15) is 33.9 Å². The Hall–Kier alpha value is -4.14. The van der Waals surface area contributed by atoms with Crippen LogP contribution in [0.5, 0.6) is 0 Å². The highest BCUT2D eigenvalue weighted by Crippen LogP contribution is 2.29. The largest absolute Gasteiger partial charge is 0.274 e. The lowest BCUT2D eigenvalue weighted by molar-refractivity contribution is 0.742. The summed E-state index contributed by atoms with van der Waals surface area (Å²) in [6, 6.07) is 37.8. The fourth-order valence-corrected chi connectivity index (χ4v) is 6.73. The summed E-state index contributed by atoms with van der Waals surface area (Å²) in [6.45, 7) is 4.27. The van der Waals surface area contributed by atoms with Crippen molar-refractivity contribution in [1.29, 1.82) is 0 Å². The molecule has 0 radical (unpaired) electrons. The Kier molecular flexibility index (Phi) is 8.82. The molecule has 42 heavy (non-hydrogen) atoms. The second kappa shape index (κ2) is 13.2. The van der Waals surface area contributed by atoms with Gasteiger partial charge in [0, 0.05) is 24.3 Å². The van der Waals surface area contributed by atoms with E-state index in [1.807, 2.05) is 12.1 Å². The molecule has 0 aliphatic heterocycles. The number of aryl methyl sites for hydroxylation is 4. The van der Waals surface area contributed by atoms with Crippen molar-refractivity contribution in [3.63, 3.8) is 0 Å². The molecule has 0 unspecified atom stereocenters. The first-order valence-electron chi connectivity index (χ1n) is 14.0. The summed E-state index contributed by atoms with van der Waals surface area (Å²) < 4.78 is 4.42. The van der Waals surface area contributed by atoms with Gasteiger partial charge in [0.15, 0.2) is 10.3 Å². The third-order valence-corrected chi connectivity index (χ3v) is 9.11. The molecule has 4 aromatic carbocycles. The van der Waals surface area contributed by atoms with E-state index < -0.39 is 0 Å². The minimum atomic E-state index is 0.681. The fraction of sp³-hybridized carbons (Fsp3) is 0.176. The topological polar surface area (TPSA) is 61.4 Å². The van der Waals surface area contributed by atoms with Crippen LogP contribution >= 0.6 is 23.5 Å². The minimum absolute atomic E-state index is 0.681. The van der Waals surface area contributed by atoms with Crippen molar-refractivity contribution in [3.8, 4) is 11.4 Å². The van der Waals surface area contributed by atoms with Crippen molar-refractivity contribution in [3.05, 3.63) is 143 Å². The zero-order valence-corrected chi connectivity index (χ0v) is 25.4. The van der Waals surface area contributed by atoms with Crippen molar-refractivity contribution in [1.82, 2.24) is 29.5 Å². The van der Waals surface area contributed by atoms with Gasteiger partial charge in [-0.1, -0.05) is 121 Å². The van der Waals surface area contributed by atoms with E-state index in [4.69, 9.17) is 10.2 Å². The van der Waals surface area contributed by atoms with Gasteiger partial charge in [-0.15, -0.1) is 20.4 Å². The van der Waals surface area contributed by atoms with Crippen LogP contribution in [0.15, 0.2) is 120 Å². The average Bonchev–Trinajstić information content (AvgIpc) is 3.63. The fourth-order valence-electron chi connectivity index (χ4n) is 4.89. The van der Waals surface area contributed by atoms with E-state index in [1.54, 1.807) is 23.5 Å². The lowest BCUT2D eigenvalue weighted by atomic mass is 10.2. The number of hydrogen-bond donors (Lipinski definition) is 0. The third kappa shape index (κ3) is 6.35. The molecule has 0 aliphatic rings. The Balaban J connectivity index is 1.30. The van der Waals surface area contributed by atoms with Crippen LogP contribution < -0.4 is 0 Å². The molecule has 6 rings (SSSR count). The first kappa shape index (κ1) is 28.0. The molecule has 0 spiro atoms. The van der Waals surface area contributed by atoms with Crippen molar-refractivity contribution in [2.24, 2.45) is 0 Å². The maximum atomic E-state index is 4.69. The second-order valence-electron chi connectivity index (χ2n) is 10.1. The monoisotopic (exact) mass is 588 g/mol. The van der Waals surface area contributed by atoms with Crippen molar-refractivity contribution in [2.45, 2.75) is 48.5 Å². The Labute approximate surface area is 255 Å². The molecule has 0 saturated carbocycles. The van der Waals surface area contributed by atoms with Gasteiger partial charge in [-0.25, -0.2) is 0 Å². The predicted octanol–water partition coefficient (Wildman–Crippen LogP) is 7.83. The zero-order valence-electron chi connectivity index (χ0n) is 23.7. The van der Waals surface area contributed by atoms with Gasteiger partial charge in [0.25, 0.3) is 0 Å². The normalized spacial score (nSPS) is 11.2. The molecule has 0 bridgehead atoms. The molecular formula is C34H32N6S2. The number of benzene rings is 4. The average molecular weight is 589 g/mol. The van der Waals surface area contributed by atoms with Gasteiger partial charge in [-0.2, -0.15) is 0 Å². The number of nitrogens with zero attached hydrogens (tertiary/aromatic N) is 6. The van der Waals surface area contributed by atoms with E-state index in [0.29, 0.717) is 12.8 Å². The van der Waals surface area contributed by atoms with Crippen molar-refractivity contribution < 1.29 is 0 Å². The maximum absolute atomic E-state index is 4.69. The minimum Gasteiger partial charge on any atom is -0.274 e. The molecule has 2 aromatic heterocycles. The molecule has 0 atom stereocenters. The zero-order chi connectivity index (χ0) is 28.7. The van der Waals surface area contributed by atoms with Gasteiger partial charge < -0.3 is 0 Å². The highest BCUT2D eigenvalue weighted by atomic mass is 32.2. The van der Waals surface area contributed by atoms with Gasteiger partial charge in [0.2, 0.25) is 0 Å². The van der Waals surface area contributed by atoms with E-state index in [9.17, 15) is 0 Å². The molecule has 0 amide bonds. The van der Waals surface area contributed by atoms with E-state index in [0.717, 1.165) is 44.8 Å². The van der Waals surface area contributed by atoms with Gasteiger partial charge in [0.1, 0.15) is 11.6 Å². The van der Waals surface area contributed by atoms with E-state index in [-0.39, 0.29) is 0 Å². The van der Waals surface area contributed by atoms with Gasteiger partial charge in [-0.05, 0) is 48.2 Å². The van der Waals surface area contributed by atoms with Crippen LogP contribution in [0, 0.1) is 13.8 Å². The number of thioether (sulfide) groups is 2. The highest BCUT2D eigenvalue weighted by molar-refractivity contribution is 7.98. The van der Waals surface area contributed by atoms with E-state index in [1.165, 1.54) is 22.3 Å². The Morgan fingerprint density at radius 3 is 1.26 bits per heavy atom. The Morgan fingerprint density at radius 1 is 0.476 bits per heavy atom. The lowest BCUT2D eigenvalue weighted by Gasteiger charge is -2.14. The molecule has 0 N–H and O–H groups in total. The van der Waals surface area contributed by atoms with Gasteiger partial charge in [-0.3, -0.25) is 9.13 Å². The van der Waals surface area contributed by atoms with E-state index in [2.05, 4.69) is 130 Å². The maximum Gasteiger partial charge on any atom is 0.196 e. The summed E-state index contributed by atoms with van der Waals surface area (Å²) in [5.41, 5.74) is 7.09. The number of aromatic nitrogens is 6. The molecule has 2 heterocycles. The molecule has 8 heteroatoms. The summed E-state index contributed by atoms with van der Waals surface area (Å²) in [5, 5.41) is 20.5. The number of hydrogen-bond acceptors (Lipinski definition) is 6. The summed E-state index contributed by atoms with van der Waals surface area (Å²) in [6.07, 6.45) is 1.36. The van der Waals surface area contributed by atoms with Crippen LogP contribution in [0.25, 0.3) is 11.4 Å². The van der Waals surface area contributed by atoms with E-state index >= 15 is 0 Å². The molecule has 210 valence electrons. The standard InChI is InChI=1S/C34H32N6S2/c1-25-13-9-11-19-29(25)39-31(35-37-33(39)41-23-27-15-5-3-6-16-27)21-22-32-36-38-34(42-24-28-17-7-4-8-18-28)40(32)30-20-12-10-14-26(30)2/h3-20H,21-24H2,1-2H3. The van der Waals surface area contributed by atoms with Gasteiger partial charge in [0.05, 0.1) is 11.4 Å². The summed E-state index contributed by atoms with van der Waals surface area (Å²) in [7, 11) is 0. The third-order valence-electron chi connectivity index (χ3n) is 7.11. The molecule has 0 fully saturated rings. The van der Waals surface area contributed by atoms with Crippen LogP contribution in [0.3, 0.4) is 0 Å². The molecule has 0 aliphatic carbocycles. The molecule has 6 aromatic rings.